The number of benzene rings is 1. The number of carbonyl (C=O) groups is 1. The van der Waals surface area contributed by atoms with Crippen LogP contribution in [-0.4, -0.2) is 72.8 Å². The van der Waals surface area contributed by atoms with E-state index in [4.69, 9.17) is 9.47 Å². The minimum absolute atomic E-state index is 0.0693. The molecular formula is C27H34F3N5O3. The van der Waals surface area contributed by atoms with E-state index in [1.807, 2.05) is 9.80 Å². The van der Waals surface area contributed by atoms with Crippen molar-refractivity contribution in [1.29, 1.82) is 0 Å². The summed E-state index contributed by atoms with van der Waals surface area (Å²) < 4.78 is 50.7. The minimum atomic E-state index is -4.40. The number of halogens is 3. The Morgan fingerprint density at radius 1 is 1.05 bits per heavy atom. The molecule has 3 aliphatic heterocycles. The molecule has 4 heterocycles. The third-order valence-corrected chi connectivity index (χ3v) is 7.81. The number of aromatic nitrogens is 2. The normalized spacial score (nSPS) is 19.4. The van der Waals surface area contributed by atoms with Crippen LogP contribution in [0.2, 0.25) is 0 Å². The zero-order valence-electron chi connectivity index (χ0n) is 21.8. The van der Waals surface area contributed by atoms with Crippen molar-refractivity contribution in [1.82, 2.24) is 20.2 Å². The molecule has 0 saturated carbocycles. The van der Waals surface area contributed by atoms with Crippen LogP contribution in [0.25, 0.3) is 0 Å². The number of hydrogen-bond acceptors (Lipinski definition) is 7. The van der Waals surface area contributed by atoms with Crippen LogP contribution in [0.4, 0.5) is 19.0 Å². The van der Waals surface area contributed by atoms with Crippen LogP contribution in [0.1, 0.15) is 58.4 Å². The van der Waals surface area contributed by atoms with E-state index in [0.29, 0.717) is 55.1 Å². The van der Waals surface area contributed by atoms with Gasteiger partial charge in [0.2, 0.25) is 0 Å². The van der Waals surface area contributed by atoms with Crippen molar-refractivity contribution in [3.05, 3.63) is 46.1 Å². The number of likely N-dealkylation sites (tertiary alicyclic amines) is 1. The molecule has 2 aromatic rings. The zero-order chi connectivity index (χ0) is 26.9. The number of anilines is 1. The summed E-state index contributed by atoms with van der Waals surface area (Å²) in [6.07, 6.45) is -0.0705. The van der Waals surface area contributed by atoms with E-state index in [9.17, 15) is 18.0 Å². The predicted molar refractivity (Wildman–Crippen MR) is 135 cm³/mol. The van der Waals surface area contributed by atoms with Gasteiger partial charge in [0.1, 0.15) is 11.5 Å². The lowest BCUT2D eigenvalue weighted by atomic mass is 9.96. The fraction of sp³-hybridized carbons (Fsp3) is 0.593. The number of hydrogen-bond donors (Lipinski definition) is 1. The monoisotopic (exact) mass is 533 g/mol. The number of methoxy groups -OCH3 is 1. The van der Waals surface area contributed by atoms with Gasteiger partial charge in [0.05, 0.1) is 12.7 Å². The van der Waals surface area contributed by atoms with Gasteiger partial charge in [-0.3, -0.25) is 4.79 Å². The van der Waals surface area contributed by atoms with Gasteiger partial charge in [0.15, 0.2) is 0 Å². The molecule has 8 nitrogen and oxygen atoms in total. The molecule has 0 aliphatic carbocycles. The Kier molecular flexibility index (Phi) is 7.76. The highest BCUT2D eigenvalue weighted by Gasteiger charge is 2.33. The maximum Gasteiger partial charge on any atom is 0.416 e. The van der Waals surface area contributed by atoms with Crippen LogP contribution >= 0.6 is 0 Å². The number of piperidine rings is 1. The number of nitrogens with zero attached hydrogens (tertiary/aromatic N) is 4. The Balaban J connectivity index is 1.31. The van der Waals surface area contributed by atoms with Crippen LogP contribution in [0.3, 0.4) is 0 Å². The number of alkyl halides is 3. The molecule has 0 bridgehead atoms. The molecule has 2 fully saturated rings. The molecule has 0 radical (unpaired) electrons. The van der Waals surface area contributed by atoms with Crippen LogP contribution in [0.15, 0.2) is 18.2 Å². The molecule has 38 heavy (non-hydrogen) atoms. The second-order valence-corrected chi connectivity index (χ2v) is 10.3. The number of nitrogens with one attached hydrogen (secondary N) is 1. The summed E-state index contributed by atoms with van der Waals surface area (Å²) >= 11 is 0. The van der Waals surface area contributed by atoms with Gasteiger partial charge in [-0.15, -0.1) is 0 Å². The fourth-order valence-corrected chi connectivity index (χ4v) is 5.60. The van der Waals surface area contributed by atoms with Gasteiger partial charge in [0.25, 0.3) is 5.91 Å². The van der Waals surface area contributed by atoms with Crippen LogP contribution in [0.5, 0.6) is 6.01 Å². The van der Waals surface area contributed by atoms with Gasteiger partial charge in [-0.2, -0.15) is 23.1 Å². The lowest BCUT2D eigenvalue weighted by Crippen LogP contribution is -2.49. The van der Waals surface area contributed by atoms with E-state index >= 15 is 0 Å². The zero-order valence-corrected chi connectivity index (χ0v) is 21.8. The number of carbonyl (C=O) groups excluding carboxylic acids is 1. The van der Waals surface area contributed by atoms with Crippen molar-refractivity contribution in [2.75, 3.05) is 44.9 Å². The lowest BCUT2D eigenvalue weighted by molar-refractivity contribution is -0.137. The van der Waals surface area contributed by atoms with Crippen LogP contribution in [0, 0.1) is 6.92 Å². The Morgan fingerprint density at radius 3 is 2.45 bits per heavy atom. The molecule has 1 aromatic heterocycles. The predicted octanol–water partition coefficient (Wildman–Crippen LogP) is 3.75. The van der Waals surface area contributed by atoms with E-state index in [0.717, 1.165) is 50.5 Å². The average molecular weight is 534 g/mol. The smallest absolute Gasteiger partial charge is 0.416 e. The summed E-state index contributed by atoms with van der Waals surface area (Å²) in [6.45, 7) is 5.45. The summed E-state index contributed by atoms with van der Waals surface area (Å²) in [6, 6.07) is 4.80. The summed E-state index contributed by atoms with van der Waals surface area (Å²) in [5, 5.41) is 3.72. The van der Waals surface area contributed by atoms with Crippen molar-refractivity contribution in [3.8, 4) is 6.01 Å². The third kappa shape index (κ3) is 5.73. The summed E-state index contributed by atoms with van der Waals surface area (Å²) in [7, 11) is 1.44. The largest absolute Gasteiger partial charge is 0.467 e. The summed E-state index contributed by atoms with van der Waals surface area (Å²) in [4.78, 5) is 26.2. The van der Waals surface area contributed by atoms with E-state index in [1.54, 1.807) is 13.0 Å². The number of ether oxygens (including phenoxy) is 2. The van der Waals surface area contributed by atoms with Crippen molar-refractivity contribution >= 4 is 11.7 Å². The first kappa shape index (κ1) is 26.7. The van der Waals surface area contributed by atoms with Crippen molar-refractivity contribution in [2.45, 2.75) is 63.8 Å². The first-order valence-corrected chi connectivity index (χ1v) is 13.2. The Bertz CT molecular complexity index is 1160. The molecule has 5 rings (SSSR count). The average Bonchev–Trinajstić information content (AvgIpc) is 2.93. The molecular weight excluding hydrogens is 499 g/mol. The summed E-state index contributed by atoms with van der Waals surface area (Å²) in [5.41, 5.74) is 1.71. The SMILES string of the molecule is COc1nc(C(=O)N2CCC(NC3CCOCC3)CC2)c(C)c(N2CCc3ccc(C(F)(F)F)cc3C2)n1. The van der Waals surface area contributed by atoms with E-state index in [1.165, 1.54) is 13.2 Å². The molecule has 1 N–H and O–H groups in total. The summed E-state index contributed by atoms with van der Waals surface area (Å²) in [5.74, 6) is 0.338. The molecule has 0 unspecified atom stereocenters. The molecule has 2 saturated heterocycles. The van der Waals surface area contributed by atoms with Gasteiger partial charge in [0, 0.05) is 57.0 Å². The van der Waals surface area contributed by atoms with Crippen molar-refractivity contribution in [2.24, 2.45) is 0 Å². The topological polar surface area (TPSA) is 79.8 Å². The highest BCUT2D eigenvalue weighted by atomic mass is 19.4. The molecule has 206 valence electrons. The Morgan fingerprint density at radius 2 is 1.76 bits per heavy atom. The number of fused-ring (bicyclic) bond motifs is 1. The van der Waals surface area contributed by atoms with Crippen LogP contribution < -0.4 is 15.0 Å². The molecule has 1 aromatic carbocycles. The first-order valence-electron chi connectivity index (χ1n) is 13.2. The van der Waals surface area contributed by atoms with E-state index < -0.39 is 11.7 Å². The maximum absolute atomic E-state index is 13.6. The Hall–Kier alpha value is -2.92. The minimum Gasteiger partial charge on any atom is -0.467 e. The quantitative estimate of drug-likeness (QED) is 0.627. The molecule has 3 aliphatic rings. The lowest BCUT2D eigenvalue weighted by Gasteiger charge is -2.36. The van der Waals surface area contributed by atoms with Crippen LogP contribution in [-0.2, 0) is 23.9 Å². The second-order valence-electron chi connectivity index (χ2n) is 10.3. The standard InChI is InChI=1S/C27H34F3N5O3/c1-17-23(25(36)34-11-6-21(7-12-34)31-22-8-13-38-14-9-22)32-26(37-2)33-24(17)35-10-5-18-3-4-20(27(28,29)30)15-19(18)16-35/h3-4,15,21-22,31H,5-14,16H2,1-2H3. The van der Waals surface area contributed by atoms with Gasteiger partial charge in [-0.25, -0.2) is 0 Å². The molecule has 11 heteroatoms. The number of rotatable bonds is 5. The van der Waals surface area contributed by atoms with Gasteiger partial charge in [-0.05, 0) is 62.3 Å². The third-order valence-electron chi connectivity index (χ3n) is 7.81. The highest BCUT2D eigenvalue weighted by Crippen LogP contribution is 2.34. The van der Waals surface area contributed by atoms with E-state index in [2.05, 4.69) is 15.3 Å². The molecule has 1 amide bonds. The second kappa shape index (κ2) is 11.1. The van der Waals surface area contributed by atoms with Gasteiger partial charge in [-0.1, -0.05) is 6.07 Å². The Labute approximate surface area is 220 Å². The first-order chi connectivity index (χ1) is 18.2. The van der Waals surface area contributed by atoms with Gasteiger partial charge >= 0.3 is 12.2 Å². The highest BCUT2D eigenvalue weighted by molar-refractivity contribution is 5.95. The number of amides is 1. The molecule has 0 atom stereocenters. The fourth-order valence-electron chi connectivity index (χ4n) is 5.60. The van der Waals surface area contributed by atoms with Gasteiger partial charge < -0.3 is 24.6 Å². The van der Waals surface area contributed by atoms with Crippen molar-refractivity contribution in [3.63, 3.8) is 0 Å². The maximum atomic E-state index is 13.6. The van der Waals surface area contributed by atoms with E-state index in [-0.39, 0.29) is 24.2 Å². The van der Waals surface area contributed by atoms with Crippen molar-refractivity contribution < 1.29 is 27.4 Å². The molecule has 0 spiro atoms.